The Hall–Kier alpha value is -3.01. The molecule has 0 fully saturated rings. The van der Waals surface area contributed by atoms with E-state index >= 15 is 0 Å². The number of anilines is 1. The first-order chi connectivity index (χ1) is 12.6. The lowest BCUT2D eigenvalue weighted by Gasteiger charge is -2.08. The van der Waals surface area contributed by atoms with Crippen molar-refractivity contribution in [2.24, 2.45) is 0 Å². The zero-order valence-corrected chi connectivity index (χ0v) is 15.0. The summed E-state index contributed by atoms with van der Waals surface area (Å²) in [5.74, 6) is 0.315. The highest BCUT2D eigenvalue weighted by Gasteiger charge is 2.19. The van der Waals surface area contributed by atoms with Crippen LogP contribution in [0.1, 0.15) is 32.3 Å². The van der Waals surface area contributed by atoms with Gasteiger partial charge < -0.3 is 14.8 Å². The number of phenols is 1. The van der Waals surface area contributed by atoms with Crippen LogP contribution in [0.3, 0.4) is 0 Å². The fraction of sp³-hybridized carbons (Fsp3) is 0.227. The summed E-state index contributed by atoms with van der Waals surface area (Å²) in [4.78, 5) is 12.0. The molecule has 0 aliphatic rings. The molecule has 1 amide bonds. The van der Waals surface area contributed by atoms with Crippen LogP contribution in [0, 0.1) is 0 Å². The molecule has 132 valence electrons. The minimum atomic E-state index is 0.0478. The molecule has 4 aromatic rings. The van der Waals surface area contributed by atoms with Crippen molar-refractivity contribution in [1.82, 2.24) is 4.40 Å². The van der Waals surface area contributed by atoms with E-state index < -0.39 is 0 Å². The van der Waals surface area contributed by atoms with E-state index in [1.54, 1.807) is 12.1 Å². The van der Waals surface area contributed by atoms with Gasteiger partial charge in [-0.1, -0.05) is 26.0 Å². The van der Waals surface area contributed by atoms with Crippen molar-refractivity contribution in [3.8, 4) is 16.9 Å². The number of hydrogen-bond donors (Lipinski definition) is 2. The van der Waals surface area contributed by atoms with E-state index in [9.17, 15) is 9.90 Å². The molecular formula is C22H22N2O2. The van der Waals surface area contributed by atoms with E-state index in [2.05, 4.69) is 34.8 Å². The van der Waals surface area contributed by atoms with Gasteiger partial charge in [0.05, 0.1) is 22.2 Å². The molecule has 26 heavy (non-hydrogen) atoms. The van der Waals surface area contributed by atoms with E-state index in [1.165, 1.54) is 16.6 Å². The Morgan fingerprint density at radius 1 is 0.962 bits per heavy atom. The number of nitrogens with zero attached hydrogens (tertiary/aromatic N) is 1. The average molecular weight is 346 g/mol. The third kappa shape index (κ3) is 2.49. The van der Waals surface area contributed by atoms with Crippen molar-refractivity contribution >= 4 is 28.1 Å². The summed E-state index contributed by atoms with van der Waals surface area (Å²) in [5.41, 5.74) is 7.72. The third-order valence-corrected chi connectivity index (χ3v) is 4.93. The monoisotopic (exact) mass is 346 g/mol. The first-order valence-electron chi connectivity index (χ1n) is 9.11. The number of aromatic hydroxyl groups is 1. The highest BCUT2D eigenvalue weighted by Crippen LogP contribution is 2.39. The molecule has 0 saturated heterocycles. The third-order valence-electron chi connectivity index (χ3n) is 4.93. The number of aryl methyl sites for hydroxylation is 1. The summed E-state index contributed by atoms with van der Waals surface area (Å²) in [6, 6.07) is 15.6. The summed E-state index contributed by atoms with van der Waals surface area (Å²) in [6.07, 6.45) is 2.27. The minimum absolute atomic E-state index is 0.0478. The summed E-state index contributed by atoms with van der Waals surface area (Å²) >= 11 is 0. The SMILES string of the molecule is CCCC(=O)Nc1ccc2c(CC)c(-c3ccc(O)cc3)c3ccc1n23. The van der Waals surface area contributed by atoms with Gasteiger partial charge in [0.25, 0.3) is 0 Å². The standard InChI is InChI=1S/C22H22N2O2/c1-3-5-21(26)23-17-10-11-18-16(4-2)22(14-6-8-15(25)9-7-14)20-13-12-19(17)24(18)20/h6-13,25H,3-5H2,1-2H3,(H,23,26). The number of carbonyl (C=O) groups is 1. The number of aromatic nitrogens is 1. The van der Waals surface area contributed by atoms with Crippen LogP contribution in [-0.4, -0.2) is 15.4 Å². The first-order valence-corrected chi connectivity index (χ1v) is 9.11. The van der Waals surface area contributed by atoms with Crippen molar-refractivity contribution in [2.75, 3.05) is 5.32 Å². The zero-order chi connectivity index (χ0) is 18.3. The maximum Gasteiger partial charge on any atom is 0.224 e. The largest absolute Gasteiger partial charge is 0.508 e. The molecule has 1 aromatic carbocycles. The molecule has 3 heterocycles. The van der Waals surface area contributed by atoms with Crippen molar-refractivity contribution in [2.45, 2.75) is 33.1 Å². The van der Waals surface area contributed by atoms with Crippen molar-refractivity contribution in [3.63, 3.8) is 0 Å². The molecule has 4 heteroatoms. The Labute approximate surface area is 152 Å². The number of amides is 1. The van der Waals surface area contributed by atoms with Crippen LogP contribution >= 0.6 is 0 Å². The fourth-order valence-electron chi connectivity index (χ4n) is 3.80. The number of carbonyl (C=O) groups excluding carboxylic acids is 1. The molecule has 3 aromatic heterocycles. The number of hydrogen-bond acceptors (Lipinski definition) is 2. The predicted molar refractivity (Wildman–Crippen MR) is 106 cm³/mol. The van der Waals surface area contributed by atoms with Crippen molar-refractivity contribution in [1.29, 1.82) is 0 Å². The van der Waals surface area contributed by atoms with Crippen LogP contribution in [0.15, 0.2) is 48.5 Å². The second kappa shape index (κ2) is 6.37. The Morgan fingerprint density at radius 2 is 1.65 bits per heavy atom. The second-order valence-corrected chi connectivity index (χ2v) is 6.62. The second-order valence-electron chi connectivity index (χ2n) is 6.62. The lowest BCUT2D eigenvalue weighted by molar-refractivity contribution is -0.116. The lowest BCUT2D eigenvalue weighted by Crippen LogP contribution is -2.11. The molecule has 0 saturated carbocycles. The smallest absolute Gasteiger partial charge is 0.224 e. The molecule has 0 aliphatic heterocycles. The van der Waals surface area contributed by atoms with Gasteiger partial charge in [0.1, 0.15) is 5.75 Å². The maximum absolute atomic E-state index is 12.0. The summed E-state index contributed by atoms with van der Waals surface area (Å²) in [7, 11) is 0. The Bertz CT molecular complexity index is 1080. The summed E-state index contributed by atoms with van der Waals surface area (Å²) in [5, 5.41) is 12.6. The van der Waals surface area contributed by atoms with Crippen molar-refractivity contribution < 1.29 is 9.90 Å². The topological polar surface area (TPSA) is 53.7 Å². The van der Waals surface area contributed by atoms with E-state index in [0.717, 1.165) is 35.1 Å². The van der Waals surface area contributed by atoms with Crippen LogP contribution in [-0.2, 0) is 11.2 Å². The van der Waals surface area contributed by atoms with Crippen LogP contribution in [0.4, 0.5) is 5.69 Å². The maximum atomic E-state index is 12.0. The Kier molecular flexibility index (Phi) is 4.03. The molecule has 0 unspecified atom stereocenters. The van der Waals surface area contributed by atoms with E-state index in [0.29, 0.717) is 6.42 Å². The van der Waals surface area contributed by atoms with Gasteiger partial charge >= 0.3 is 0 Å². The molecule has 2 N–H and O–H groups in total. The van der Waals surface area contributed by atoms with Gasteiger partial charge in [-0.3, -0.25) is 4.79 Å². The van der Waals surface area contributed by atoms with E-state index in [4.69, 9.17) is 0 Å². The zero-order valence-electron chi connectivity index (χ0n) is 15.0. The average Bonchev–Trinajstić information content (AvgIpc) is 3.19. The van der Waals surface area contributed by atoms with Gasteiger partial charge in [0.15, 0.2) is 0 Å². The molecule has 4 nitrogen and oxygen atoms in total. The molecule has 0 atom stereocenters. The number of phenolic OH excluding ortho intramolecular Hbond substituents is 1. The fourth-order valence-corrected chi connectivity index (χ4v) is 3.80. The van der Waals surface area contributed by atoms with Crippen LogP contribution in [0.2, 0.25) is 0 Å². The van der Waals surface area contributed by atoms with Gasteiger partial charge in [-0.2, -0.15) is 0 Å². The predicted octanol–water partition coefficient (Wildman–Crippen LogP) is 5.20. The number of benzene rings is 1. The molecule has 4 rings (SSSR count). The van der Waals surface area contributed by atoms with Crippen LogP contribution in [0.5, 0.6) is 5.75 Å². The highest BCUT2D eigenvalue weighted by molar-refractivity contribution is 6.01. The number of pyridine rings is 1. The molecule has 0 radical (unpaired) electrons. The van der Waals surface area contributed by atoms with Gasteiger partial charge in [0, 0.05) is 12.0 Å². The molecule has 0 spiro atoms. The lowest BCUT2D eigenvalue weighted by atomic mass is 10.00. The van der Waals surface area contributed by atoms with Gasteiger partial charge in [-0.15, -0.1) is 0 Å². The van der Waals surface area contributed by atoms with Gasteiger partial charge in [0.2, 0.25) is 5.91 Å². The first kappa shape index (κ1) is 16.5. The van der Waals surface area contributed by atoms with Crippen LogP contribution in [0.25, 0.3) is 27.7 Å². The molecule has 0 aliphatic carbocycles. The normalized spacial score (nSPS) is 11.5. The quantitative estimate of drug-likeness (QED) is 0.521. The Morgan fingerprint density at radius 3 is 2.35 bits per heavy atom. The summed E-state index contributed by atoms with van der Waals surface area (Å²) < 4.78 is 2.22. The highest BCUT2D eigenvalue weighted by atomic mass is 16.3. The van der Waals surface area contributed by atoms with Gasteiger partial charge in [-0.05, 0) is 60.4 Å². The van der Waals surface area contributed by atoms with E-state index in [1.807, 2.05) is 25.1 Å². The van der Waals surface area contributed by atoms with Crippen molar-refractivity contribution in [3.05, 3.63) is 54.1 Å². The van der Waals surface area contributed by atoms with E-state index in [-0.39, 0.29) is 11.7 Å². The molecule has 0 bridgehead atoms. The summed E-state index contributed by atoms with van der Waals surface area (Å²) in [6.45, 7) is 4.16. The number of rotatable bonds is 5. The molecular weight excluding hydrogens is 324 g/mol. The van der Waals surface area contributed by atoms with Crippen LogP contribution < -0.4 is 5.32 Å². The number of nitrogens with one attached hydrogen (secondary N) is 1. The van der Waals surface area contributed by atoms with Gasteiger partial charge in [-0.25, -0.2) is 0 Å². The minimum Gasteiger partial charge on any atom is -0.508 e. The Balaban J connectivity index is 1.92.